The van der Waals surface area contributed by atoms with Gasteiger partial charge in [-0.05, 0) is 18.8 Å². The van der Waals surface area contributed by atoms with Gasteiger partial charge in [-0.1, -0.05) is 19.3 Å². The standard InChI is InChI=1S/C12H22N2OS/c13-11(10-4-2-1-3-5-10)12(15)14-6-8-16-9-7-14/h10-11H,1-9,13H2/t11-/m0/s1. The molecule has 0 aromatic carbocycles. The Hall–Kier alpha value is -0.220. The number of nitrogens with zero attached hydrogens (tertiary/aromatic N) is 1. The normalized spacial score (nSPS) is 25.4. The molecule has 0 aromatic rings. The van der Waals surface area contributed by atoms with Crippen LogP contribution in [0.5, 0.6) is 0 Å². The van der Waals surface area contributed by atoms with E-state index in [-0.39, 0.29) is 11.9 Å². The Kier molecular flexibility index (Phi) is 4.53. The van der Waals surface area contributed by atoms with Crippen LogP contribution in [0.15, 0.2) is 0 Å². The third-order valence-electron chi connectivity index (χ3n) is 3.77. The quantitative estimate of drug-likeness (QED) is 0.797. The Morgan fingerprint density at radius 3 is 2.44 bits per heavy atom. The summed E-state index contributed by atoms with van der Waals surface area (Å²) in [6, 6.07) is -0.233. The Labute approximate surface area is 102 Å². The highest BCUT2D eigenvalue weighted by atomic mass is 32.2. The van der Waals surface area contributed by atoms with E-state index in [0.717, 1.165) is 37.4 Å². The summed E-state index contributed by atoms with van der Waals surface area (Å²) in [4.78, 5) is 14.2. The van der Waals surface area contributed by atoms with Gasteiger partial charge in [-0.25, -0.2) is 0 Å². The van der Waals surface area contributed by atoms with Crippen LogP contribution in [0, 0.1) is 5.92 Å². The van der Waals surface area contributed by atoms with Crippen molar-refractivity contribution in [2.45, 2.75) is 38.1 Å². The summed E-state index contributed by atoms with van der Waals surface area (Å²) in [5, 5.41) is 0. The van der Waals surface area contributed by atoms with E-state index < -0.39 is 0 Å². The van der Waals surface area contributed by atoms with Crippen LogP contribution in [-0.2, 0) is 4.79 Å². The van der Waals surface area contributed by atoms with E-state index in [9.17, 15) is 4.79 Å². The number of thioether (sulfide) groups is 1. The third-order valence-corrected chi connectivity index (χ3v) is 4.71. The monoisotopic (exact) mass is 242 g/mol. The molecule has 1 saturated heterocycles. The Balaban J connectivity index is 1.86. The average molecular weight is 242 g/mol. The molecule has 92 valence electrons. The summed E-state index contributed by atoms with van der Waals surface area (Å²) in [6.45, 7) is 1.79. The van der Waals surface area contributed by atoms with Crippen LogP contribution < -0.4 is 5.73 Å². The Morgan fingerprint density at radius 1 is 1.19 bits per heavy atom. The molecule has 1 saturated carbocycles. The molecule has 1 atom stereocenters. The number of amides is 1. The lowest BCUT2D eigenvalue weighted by Gasteiger charge is -2.33. The van der Waals surface area contributed by atoms with E-state index in [1.807, 2.05) is 16.7 Å². The molecule has 1 aliphatic carbocycles. The van der Waals surface area contributed by atoms with Gasteiger partial charge < -0.3 is 10.6 Å². The lowest BCUT2D eigenvalue weighted by molar-refractivity contribution is -0.133. The van der Waals surface area contributed by atoms with E-state index in [2.05, 4.69) is 0 Å². The molecule has 1 amide bonds. The first-order valence-electron chi connectivity index (χ1n) is 6.41. The minimum atomic E-state index is -0.233. The molecule has 3 nitrogen and oxygen atoms in total. The van der Waals surface area contributed by atoms with Crippen molar-refractivity contribution in [1.82, 2.24) is 4.90 Å². The number of carbonyl (C=O) groups excluding carboxylic acids is 1. The fourth-order valence-electron chi connectivity index (χ4n) is 2.69. The summed E-state index contributed by atoms with van der Waals surface area (Å²) in [5.74, 6) is 2.79. The topological polar surface area (TPSA) is 46.3 Å². The van der Waals surface area contributed by atoms with Crippen molar-refractivity contribution in [2.75, 3.05) is 24.6 Å². The van der Waals surface area contributed by atoms with Gasteiger partial charge in [0, 0.05) is 24.6 Å². The van der Waals surface area contributed by atoms with Crippen molar-refractivity contribution in [3.63, 3.8) is 0 Å². The minimum Gasteiger partial charge on any atom is -0.340 e. The smallest absolute Gasteiger partial charge is 0.239 e. The second-order valence-electron chi connectivity index (χ2n) is 4.86. The molecule has 1 heterocycles. The molecule has 0 unspecified atom stereocenters. The molecule has 2 N–H and O–H groups in total. The van der Waals surface area contributed by atoms with Crippen LogP contribution >= 0.6 is 11.8 Å². The summed E-state index contributed by atoms with van der Waals surface area (Å²) < 4.78 is 0. The number of rotatable bonds is 2. The average Bonchev–Trinajstić information content (AvgIpc) is 2.39. The van der Waals surface area contributed by atoms with Crippen LogP contribution in [0.25, 0.3) is 0 Å². The van der Waals surface area contributed by atoms with Gasteiger partial charge in [-0.2, -0.15) is 11.8 Å². The van der Waals surface area contributed by atoms with Crippen molar-refractivity contribution in [1.29, 1.82) is 0 Å². The van der Waals surface area contributed by atoms with Gasteiger partial charge >= 0.3 is 0 Å². The molecule has 0 aromatic heterocycles. The molecule has 0 spiro atoms. The van der Waals surface area contributed by atoms with Gasteiger partial charge in [0.2, 0.25) is 5.91 Å². The highest BCUT2D eigenvalue weighted by Gasteiger charge is 2.29. The molecule has 16 heavy (non-hydrogen) atoms. The van der Waals surface area contributed by atoms with Crippen molar-refractivity contribution < 1.29 is 4.79 Å². The highest BCUT2D eigenvalue weighted by molar-refractivity contribution is 7.99. The van der Waals surface area contributed by atoms with Crippen molar-refractivity contribution in [3.8, 4) is 0 Å². The Bertz CT molecular complexity index is 235. The third kappa shape index (κ3) is 2.92. The maximum absolute atomic E-state index is 12.2. The lowest BCUT2D eigenvalue weighted by Crippen LogP contribution is -2.50. The molecular weight excluding hydrogens is 220 g/mol. The SMILES string of the molecule is N[C@H](C(=O)N1CCSCC1)C1CCCCC1. The van der Waals surface area contributed by atoms with Gasteiger partial charge in [0.15, 0.2) is 0 Å². The zero-order chi connectivity index (χ0) is 11.4. The van der Waals surface area contributed by atoms with Gasteiger partial charge in [0.25, 0.3) is 0 Å². The molecule has 2 rings (SSSR count). The number of hydrogen-bond donors (Lipinski definition) is 1. The predicted molar refractivity (Wildman–Crippen MR) is 68.5 cm³/mol. The van der Waals surface area contributed by atoms with Crippen LogP contribution in [-0.4, -0.2) is 41.4 Å². The summed E-state index contributed by atoms with van der Waals surface area (Å²) in [6.07, 6.45) is 6.12. The molecule has 0 radical (unpaired) electrons. The van der Waals surface area contributed by atoms with E-state index in [4.69, 9.17) is 5.73 Å². The number of hydrogen-bond acceptors (Lipinski definition) is 3. The maximum atomic E-state index is 12.2. The van der Waals surface area contributed by atoms with Crippen molar-refractivity contribution in [2.24, 2.45) is 11.7 Å². The number of carbonyl (C=O) groups is 1. The maximum Gasteiger partial charge on any atom is 0.239 e. The van der Waals surface area contributed by atoms with Crippen molar-refractivity contribution in [3.05, 3.63) is 0 Å². The van der Waals surface area contributed by atoms with E-state index in [0.29, 0.717) is 5.92 Å². The summed E-state index contributed by atoms with van der Waals surface area (Å²) in [5.41, 5.74) is 6.12. The van der Waals surface area contributed by atoms with E-state index in [1.54, 1.807) is 0 Å². The summed E-state index contributed by atoms with van der Waals surface area (Å²) >= 11 is 1.93. The fraction of sp³-hybridized carbons (Fsp3) is 0.917. The van der Waals surface area contributed by atoms with Crippen LogP contribution in [0.2, 0.25) is 0 Å². The van der Waals surface area contributed by atoms with Crippen molar-refractivity contribution >= 4 is 17.7 Å². The second-order valence-corrected chi connectivity index (χ2v) is 6.09. The molecule has 4 heteroatoms. The Morgan fingerprint density at radius 2 is 1.81 bits per heavy atom. The largest absolute Gasteiger partial charge is 0.340 e. The van der Waals surface area contributed by atoms with Crippen LogP contribution in [0.4, 0.5) is 0 Å². The predicted octanol–water partition coefficient (Wildman–Crippen LogP) is 1.47. The van der Waals surface area contributed by atoms with Crippen LogP contribution in [0.1, 0.15) is 32.1 Å². The number of nitrogens with two attached hydrogens (primary N) is 1. The molecular formula is C12H22N2OS. The second kappa shape index (κ2) is 5.92. The zero-order valence-electron chi connectivity index (χ0n) is 9.86. The molecule has 2 aliphatic rings. The minimum absolute atomic E-state index is 0.201. The van der Waals surface area contributed by atoms with Crippen LogP contribution in [0.3, 0.4) is 0 Å². The first-order chi connectivity index (χ1) is 7.79. The van der Waals surface area contributed by atoms with E-state index in [1.165, 1.54) is 19.3 Å². The lowest BCUT2D eigenvalue weighted by atomic mass is 9.84. The van der Waals surface area contributed by atoms with E-state index >= 15 is 0 Å². The van der Waals surface area contributed by atoms with Gasteiger partial charge in [0.1, 0.15) is 0 Å². The first-order valence-corrected chi connectivity index (χ1v) is 7.56. The van der Waals surface area contributed by atoms with Gasteiger partial charge in [-0.3, -0.25) is 4.79 Å². The fourth-order valence-corrected chi connectivity index (χ4v) is 3.59. The van der Waals surface area contributed by atoms with Gasteiger partial charge in [0.05, 0.1) is 6.04 Å². The molecule has 0 bridgehead atoms. The molecule has 2 fully saturated rings. The molecule has 1 aliphatic heterocycles. The highest BCUT2D eigenvalue weighted by Crippen LogP contribution is 2.26. The zero-order valence-corrected chi connectivity index (χ0v) is 10.7. The van der Waals surface area contributed by atoms with Gasteiger partial charge in [-0.15, -0.1) is 0 Å². The summed E-state index contributed by atoms with van der Waals surface area (Å²) in [7, 11) is 0. The first kappa shape index (κ1) is 12.2.